The van der Waals surface area contributed by atoms with Crippen LogP contribution in [0.25, 0.3) is 0 Å². The smallest absolute Gasteiger partial charge is 0.339 e. The van der Waals surface area contributed by atoms with Crippen LogP contribution in [0.4, 0.5) is 11.6 Å². The van der Waals surface area contributed by atoms with E-state index in [1.165, 1.54) is 32.4 Å². The number of methoxy groups -OCH3 is 2. The summed E-state index contributed by atoms with van der Waals surface area (Å²) in [5, 5.41) is 2.71. The molecular weight excluding hydrogens is 390 g/mol. The van der Waals surface area contributed by atoms with Crippen LogP contribution in [0, 0.1) is 0 Å². The van der Waals surface area contributed by atoms with Gasteiger partial charge in [0.25, 0.3) is 0 Å². The number of nitrogens with one attached hydrogen (secondary N) is 1. The lowest BCUT2D eigenvalue weighted by Crippen LogP contribution is -2.49. The van der Waals surface area contributed by atoms with Crippen molar-refractivity contribution in [3.8, 4) is 0 Å². The van der Waals surface area contributed by atoms with Gasteiger partial charge in [-0.2, -0.15) is 0 Å². The number of carbonyl (C=O) groups excluding carboxylic acids is 3. The van der Waals surface area contributed by atoms with E-state index in [9.17, 15) is 14.4 Å². The fourth-order valence-corrected chi connectivity index (χ4v) is 3.13. The molecule has 0 atom stereocenters. The van der Waals surface area contributed by atoms with Crippen LogP contribution in [0.5, 0.6) is 0 Å². The Labute approximate surface area is 173 Å². The van der Waals surface area contributed by atoms with Gasteiger partial charge in [0.2, 0.25) is 11.9 Å². The number of piperazine rings is 1. The molecule has 1 N–H and O–H groups in total. The van der Waals surface area contributed by atoms with Crippen LogP contribution in [0.1, 0.15) is 20.7 Å². The predicted molar refractivity (Wildman–Crippen MR) is 108 cm³/mol. The van der Waals surface area contributed by atoms with Crippen LogP contribution in [-0.4, -0.2) is 79.7 Å². The Balaban J connectivity index is 1.63. The van der Waals surface area contributed by atoms with Crippen molar-refractivity contribution in [1.29, 1.82) is 0 Å². The van der Waals surface area contributed by atoms with Gasteiger partial charge < -0.3 is 19.7 Å². The first kappa shape index (κ1) is 21.2. The van der Waals surface area contributed by atoms with Gasteiger partial charge >= 0.3 is 11.9 Å². The van der Waals surface area contributed by atoms with Crippen molar-refractivity contribution in [2.24, 2.45) is 0 Å². The number of nitrogens with zero attached hydrogens (tertiary/aromatic N) is 4. The second-order valence-corrected chi connectivity index (χ2v) is 6.60. The largest absolute Gasteiger partial charge is 0.465 e. The number of hydrogen-bond donors (Lipinski definition) is 1. The van der Waals surface area contributed by atoms with Crippen molar-refractivity contribution in [3.63, 3.8) is 0 Å². The van der Waals surface area contributed by atoms with Gasteiger partial charge in [-0.3, -0.25) is 9.69 Å². The van der Waals surface area contributed by atoms with E-state index in [0.717, 1.165) is 0 Å². The number of esters is 2. The molecule has 1 aliphatic rings. The number of aromatic nitrogens is 2. The third-order valence-corrected chi connectivity index (χ3v) is 4.69. The van der Waals surface area contributed by atoms with Gasteiger partial charge in [-0.1, -0.05) is 0 Å². The zero-order valence-corrected chi connectivity index (χ0v) is 16.8. The molecule has 0 radical (unpaired) electrons. The van der Waals surface area contributed by atoms with Gasteiger partial charge in [-0.05, 0) is 24.3 Å². The standard InChI is InChI=1S/C20H23N5O5/c1-29-18(27)14-4-5-15(19(28)30-2)16(12-14)23-17(26)13-24-8-10-25(11-9-24)20-21-6-3-7-22-20/h3-7,12H,8-11,13H2,1-2H3,(H,23,26). The van der Waals surface area contributed by atoms with Crippen molar-refractivity contribution >= 4 is 29.5 Å². The van der Waals surface area contributed by atoms with Gasteiger partial charge in [-0.25, -0.2) is 19.6 Å². The summed E-state index contributed by atoms with van der Waals surface area (Å²) in [7, 11) is 2.51. The first-order valence-corrected chi connectivity index (χ1v) is 9.36. The number of rotatable bonds is 6. The SMILES string of the molecule is COC(=O)c1ccc(C(=O)OC)c(NC(=O)CN2CCN(c3ncccn3)CC2)c1. The maximum absolute atomic E-state index is 12.6. The number of benzene rings is 1. The van der Waals surface area contributed by atoms with Crippen LogP contribution >= 0.6 is 0 Å². The van der Waals surface area contributed by atoms with E-state index < -0.39 is 11.9 Å². The fraction of sp³-hybridized carbons (Fsp3) is 0.350. The summed E-state index contributed by atoms with van der Waals surface area (Å²) < 4.78 is 9.45. The lowest BCUT2D eigenvalue weighted by atomic mass is 10.1. The lowest BCUT2D eigenvalue weighted by Gasteiger charge is -2.34. The highest BCUT2D eigenvalue weighted by Crippen LogP contribution is 2.20. The molecule has 0 unspecified atom stereocenters. The lowest BCUT2D eigenvalue weighted by molar-refractivity contribution is -0.117. The molecule has 0 aliphatic carbocycles. The third-order valence-electron chi connectivity index (χ3n) is 4.69. The average molecular weight is 413 g/mol. The third kappa shape index (κ3) is 5.09. The number of carbonyl (C=O) groups is 3. The highest BCUT2D eigenvalue weighted by Gasteiger charge is 2.22. The van der Waals surface area contributed by atoms with Gasteiger partial charge in [-0.15, -0.1) is 0 Å². The topological polar surface area (TPSA) is 114 Å². The molecule has 3 rings (SSSR count). The molecule has 2 aromatic rings. The number of anilines is 2. The van der Waals surface area contributed by atoms with Crippen molar-refractivity contribution in [2.45, 2.75) is 0 Å². The molecule has 1 saturated heterocycles. The van der Waals surface area contributed by atoms with Crippen LogP contribution in [0.2, 0.25) is 0 Å². The molecule has 1 aromatic carbocycles. The van der Waals surface area contributed by atoms with Crippen molar-refractivity contribution in [2.75, 3.05) is 57.2 Å². The molecule has 158 valence electrons. The molecule has 10 heteroatoms. The molecule has 1 amide bonds. The molecule has 2 heterocycles. The summed E-state index contributed by atoms with van der Waals surface area (Å²) >= 11 is 0. The molecular formula is C20H23N5O5. The summed E-state index contributed by atoms with van der Waals surface area (Å²) in [4.78, 5) is 48.9. The molecule has 0 bridgehead atoms. The number of hydrogen-bond acceptors (Lipinski definition) is 9. The minimum absolute atomic E-state index is 0.145. The van der Waals surface area contributed by atoms with Gasteiger partial charge in [0.15, 0.2) is 0 Å². The Kier molecular flexibility index (Phi) is 6.91. The van der Waals surface area contributed by atoms with E-state index in [1.807, 2.05) is 4.90 Å². The molecule has 1 fully saturated rings. The monoisotopic (exact) mass is 413 g/mol. The zero-order chi connectivity index (χ0) is 21.5. The van der Waals surface area contributed by atoms with E-state index in [1.54, 1.807) is 18.5 Å². The fourth-order valence-electron chi connectivity index (χ4n) is 3.13. The normalized spacial score (nSPS) is 14.1. The van der Waals surface area contributed by atoms with Crippen molar-refractivity contribution < 1.29 is 23.9 Å². The van der Waals surface area contributed by atoms with Gasteiger partial charge in [0, 0.05) is 38.6 Å². The van der Waals surface area contributed by atoms with Gasteiger partial charge in [0.05, 0.1) is 37.6 Å². The van der Waals surface area contributed by atoms with Crippen molar-refractivity contribution in [1.82, 2.24) is 14.9 Å². The van der Waals surface area contributed by atoms with Crippen molar-refractivity contribution in [3.05, 3.63) is 47.8 Å². The van der Waals surface area contributed by atoms with Crippen LogP contribution < -0.4 is 10.2 Å². The van der Waals surface area contributed by atoms with Crippen LogP contribution in [0.3, 0.4) is 0 Å². The Morgan fingerprint density at radius 2 is 1.67 bits per heavy atom. The van der Waals surface area contributed by atoms with Gasteiger partial charge in [0.1, 0.15) is 0 Å². The van der Waals surface area contributed by atoms with Crippen LogP contribution in [-0.2, 0) is 14.3 Å². The molecule has 10 nitrogen and oxygen atoms in total. The Morgan fingerprint density at radius 1 is 1.00 bits per heavy atom. The number of amides is 1. The van der Waals surface area contributed by atoms with E-state index in [-0.39, 0.29) is 29.3 Å². The van der Waals surface area contributed by atoms with E-state index in [4.69, 9.17) is 9.47 Å². The summed E-state index contributed by atoms with van der Waals surface area (Å²) in [6, 6.07) is 6.04. The van der Waals surface area contributed by atoms with E-state index >= 15 is 0 Å². The molecule has 0 saturated carbocycles. The predicted octanol–water partition coefficient (Wildman–Crippen LogP) is 0.810. The average Bonchev–Trinajstić information content (AvgIpc) is 2.79. The summed E-state index contributed by atoms with van der Waals surface area (Å²) in [5.74, 6) is -0.810. The summed E-state index contributed by atoms with van der Waals surface area (Å²) in [6.45, 7) is 2.87. The molecule has 1 aliphatic heterocycles. The minimum atomic E-state index is -0.613. The summed E-state index contributed by atoms with van der Waals surface area (Å²) in [6.07, 6.45) is 3.40. The minimum Gasteiger partial charge on any atom is -0.465 e. The van der Waals surface area contributed by atoms with E-state index in [2.05, 4.69) is 20.2 Å². The highest BCUT2D eigenvalue weighted by atomic mass is 16.5. The first-order valence-electron chi connectivity index (χ1n) is 9.36. The highest BCUT2D eigenvalue weighted by molar-refractivity contribution is 6.03. The number of ether oxygens (including phenoxy) is 2. The second-order valence-electron chi connectivity index (χ2n) is 6.60. The Morgan fingerprint density at radius 3 is 2.30 bits per heavy atom. The first-order chi connectivity index (χ1) is 14.5. The Hall–Kier alpha value is -3.53. The van der Waals surface area contributed by atoms with E-state index in [0.29, 0.717) is 32.1 Å². The molecule has 1 aromatic heterocycles. The van der Waals surface area contributed by atoms with Crippen LogP contribution in [0.15, 0.2) is 36.7 Å². The quantitative estimate of drug-likeness (QED) is 0.687. The Bertz CT molecular complexity index is 913. The maximum Gasteiger partial charge on any atom is 0.339 e. The molecule has 30 heavy (non-hydrogen) atoms. The maximum atomic E-state index is 12.6. The second kappa shape index (κ2) is 9.79. The summed E-state index contributed by atoms with van der Waals surface area (Å²) in [5.41, 5.74) is 0.576. The zero-order valence-electron chi connectivity index (χ0n) is 16.8. The molecule has 0 spiro atoms.